The number of benzene rings is 1. The standard InChI is InChI=1S/C23H40N4O2/c1-5-24-23(25-16-19(12-14-28)15-18(2)3)26-20-9-8-13-27(17-20)21-10-6-7-11-22(21)29-4/h6-7,10-11,18-20,28H,5,8-9,12-17H2,1-4H3,(H2,24,25,26). The van der Waals surface area contributed by atoms with E-state index in [-0.39, 0.29) is 6.61 Å². The molecule has 29 heavy (non-hydrogen) atoms. The average molecular weight is 405 g/mol. The summed E-state index contributed by atoms with van der Waals surface area (Å²) in [4.78, 5) is 7.25. The highest BCUT2D eigenvalue weighted by molar-refractivity contribution is 5.80. The number of nitrogens with one attached hydrogen (secondary N) is 2. The molecule has 1 aliphatic rings. The van der Waals surface area contributed by atoms with Gasteiger partial charge in [-0.1, -0.05) is 26.0 Å². The number of rotatable bonds is 10. The van der Waals surface area contributed by atoms with Gasteiger partial charge in [0, 0.05) is 38.8 Å². The second kappa shape index (κ2) is 12.6. The van der Waals surface area contributed by atoms with Gasteiger partial charge in [0.25, 0.3) is 0 Å². The number of para-hydroxylation sites is 2. The molecule has 0 aliphatic carbocycles. The third-order valence-electron chi connectivity index (χ3n) is 5.38. The van der Waals surface area contributed by atoms with Crippen molar-refractivity contribution in [2.45, 2.75) is 52.5 Å². The van der Waals surface area contributed by atoms with Crippen molar-refractivity contribution in [1.82, 2.24) is 10.6 Å². The van der Waals surface area contributed by atoms with Gasteiger partial charge in [-0.2, -0.15) is 0 Å². The Kier molecular flexibility index (Phi) is 10.1. The molecule has 0 radical (unpaired) electrons. The molecule has 1 fully saturated rings. The van der Waals surface area contributed by atoms with Crippen molar-refractivity contribution in [3.8, 4) is 5.75 Å². The monoisotopic (exact) mass is 404 g/mol. The zero-order valence-corrected chi connectivity index (χ0v) is 18.7. The maximum absolute atomic E-state index is 9.36. The van der Waals surface area contributed by atoms with Crippen LogP contribution in [-0.4, -0.2) is 57.0 Å². The summed E-state index contributed by atoms with van der Waals surface area (Å²) in [6, 6.07) is 8.57. The van der Waals surface area contributed by atoms with E-state index in [1.165, 1.54) is 0 Å². The fourth-order valence-electron chi connectivity index (χ4n) is 4.07. The molecule has 0 saturated carbocycles. The summed E-state index contributed by atoms with van der Waals surface area (Å²) in [5.41, 5.74) is 1.16. The summed E-state index contributed by atoms with van der Waals surface area (Å²) >= 11 is 0. The highest BCUT2D eigenvalue weighted by atomic mass is 16.5. The number of guanidine groups is 1. The van der Waals surface area contributed by atoms with Crippen LogP contribution < -0.4 is 20.3 Å². The molecule has 1 aliphatic heterocycles. The van der Waals surface area contributed by atoms with E-state index >= 15 is 0 Å². The minimum atomic E-state index is 0.230. The number of methoxy groups -OCH3 is 1. The van der Waals surface area contributed by atoms with Gasteiger partial charge < -0.3 is 25.4 Å². The molecule has 2 unspecified atom stereocenters. The normalized spacial score (nSPS) is 18.6. The lowest BCUT2D eigenvalue weighted by atomic mass is 9.94. The number of anilines is 1. The van der Waals surface area contributed by atoms with Gasteiger partial charge in [0.15, 0.2) is 5.96 Å². The summed E-state index contributed by atoms with van der Waals surface area (Å²) in [6.45, 7) is 10.3. The van der Waals surface area contributed by atoms with Gasteiger partial charge in [0.05, 0.1) is 12.8 Å². The summed E-state index contributed by atoms with van der Waals surface area (Å²) < 4.78 is 5.55. The predicted octanol–water partition coefficient (Wildman–Crippen LogP) is 3.26. The fourth-order valence-corrected chi connectivity index (χ4v) is 4.07. The van der Waals surface area contributed by atoms with Gasteiger partial charge in [0.2, 0.25) is 0 Å². The maximum atomic E-state index is 9.36. The van der Waals surface area contributed by atoms with E-state index < -0.39 is 0 Å². The van der Waals surface area contributed by atoms with E-state index in [9.17, 15) is 5.11 Å². The zero-order chi connectivity index (χ0) is 21.1. The molecule has 0 spiro atoms. The third-order valence-corrected chi connectivity index (χ3v) is 5.38. The van der Waals surface area contributed by atoms with E-state index in [1.54, 1.807) is 7.11 Å². The van der Waals surface area contributed by atoms with Crippen molar-refractivity contribution in [2.75, 3.05) is 44.8 Å². The molecule has 164 valence electrons. The Labute approximate surface area is 176 Å². The summed E-state index contributed by atoms with van der Waals surface area (Å²) in [5, 5.41) is 16.4. The van der Waals surface area contributed by atoms with Crippen LogP contribution in [0.4, 0.5) is 5.69 Å². The number of nitrogens with zero attached hydrogens (tertiary/aromatic N) is 2. The fraction of sp³-hybridized carbons (Fsp3) is 0.696. The van der Waals surface area contributed by atoms with Crippen LogP contribution >= 0.6 is 0 Å². The molecule has 1 saturated heterocycles. The molecule has 0 amide bonds. The number of ether oxygens (including phenoxy) is 1. The van der Waals surface area contributed by atoms with Gasteiger partial charge in [-0.25, -0.2) is 0 Å². The van der Waals surface area contributed by atoms with Crippen LogP contribution in [-0.2, 0) is 0 Å². The molecule has 1 aromatic carbocycles. The Hall–Kier alpha value is -1.95. The van der Waals surface area contributed by atoms with Gasteiger partial charge in [-0.15, -0.1) is 0 Å². The molecular weight excluding hydrogens is 364 g/mol. The van der Waals surface area contributed by atoms with Crippen molar-refractivity contribution in [3.05, 3.63) is 24.3 Å². The van der Waals surface area contributed by atoms with Crippen LogP contribution in [0, 0.1) is 11.8 Å². The molecule has 2 rings (SSSR count). The first-order chi connectivity index (χ1) is 14.1. The lowest BCUT2D eigenvalue weighted by Gasteiger charge is -2.36. The van der Waals surface area contributed by atoms with Crippen LogP contribution in [0.1, 0.15) is 46.5 Å². The molecule has 2 atom stereocenters. The summed E-state index contributed by atoms with van der Waals surface area (Å²) in [7, 11) is 1.73. The van der Waals surface area contributed by atoms with Crippen molar-refractivity contribution < 1.29 is 9.84 Å². The number of hydrogen-bond acceptors (Lipinski definition) is 4. The molecule has 0 aromatic heterocycles. The molecular formula is C23H40N4O2. The minimum absolute atomic E-state index is 0.230. The number of piperidine rings is 1. The average Bonchev–Trinajstić information content (AvgIpc) is 2.72. The van der Waals surface area contributed by atoms with E-state index in [2.05, 4.69) is 48.4 Å². The third kappa shape index (κ3) is 7.77. The molecule has 1 heterocycles. The van der Waals surface area contributed by atoms with Crippen LogP contribution in [0.15, 0.2) is 29.3 Å². The predicted molar refractivity (Wildman–Crippen MR) is 122 cm³/mol. The van der Waals surface area contributed by atoms with Gasteiger partial charge >= 0.3 is 0 Å². The molecule has 6 heteroatoms. The Balaban J connectivity index is 2.01. The molecule has 0 bridgehead atoms. The first-order valence-electron chi connectivity index (χ1n) is 11.1. The van der Waals surface area contributed by atoms with Crippen LogP contribution in [0.3, 0.4) is 0 Å². The molecule has 1 aromatic rings. The SMILES string of the molecule is CCNC(=NCC(CCO)CC(C)C)NC1CCCN(c2ccccc2OC)C1. The zero-order valence-electron chi connectivity index (χ0n) is 18.7. The Morgan fingerprint density at radius 3 is 2.83 bits per heavy atom. The van der Waals surface area contributed by atoms with Crippen LogP contribution in [0.25, 0.3) is 0 Å². The van der Waals surface area contributed by atoms with E-state index in [1.807, 2.05) is 12.1 Å². The van der Waals surface area contributed by atoms with Gasteiger partial charge in [-0.3, -0.25) is 4.99 Å². The Morgan fingerprint density at radius 2 is 2.14 bits per heavy atom. The topological polar surface area (TPSA) is 69.1 Å². The summed E-state index contributed by atoms with van der Waals surface area (Å²) in [5.74, 6) is 2.84. The van der Waals surface area contributed by atoms with Crippen LogP contribution in [0.5, 0.6) is 5.75 Å². The van der Waals surface area contributed by atoms with Crippen molar-refractivity contribution in [3.63, 3.8) is 0 Å². The number of aliphatic hydroxyl groups excluding tert-OH is 1. The van der Waals surface area contributed by atoms with E-state index in [4.69, 9.17) is 9.73 Å². The highest BCUT2D eigenvalue weighted by Crippen LogP contribution is 2.29. The van der Waals surface area contributed by atoms with Gasteiger partial charge in [-0.05, 0) is 56.6 Å². The van der Waals surface area contributed by atoms with Crippen molar-refractivity contribution in [2.24, 2.45) is 16.8 Å². The second-order valence-corrected chi connectivity index (χ2v) is 8.33. The molecule has 3 N–H and O–H groups in total. The first kappa shape index (κ1) is 23.3. The van der Waals surface area contributed by atoms with Crippen molar-refractivity contribution >= 4 is 11.6 Å². The van der Waals surface area contributed by atoms with Crippen molar-refractivity contribution in [1.29, 1.82) is 0 Å². The summed E-state index contributed by atoms with van der Waals surface area (Å²) in [6.07, 6.45) is 4.16. The number of aliphatic imine (C=N–C) groups is 1. The first-order valence-corrected chi connectivity index (χ1v) is 11.1. The Bertz CT molecular complexity index is 621. The highest BCUT2D eigenvalue weighted by Gasteiger charge is 2.23. The van der Waals surface area contributed by atoms with Gasteiger partial charge in [0.1, 0.15) is 5.75 Å². The second-order valence-electron chi connectivity index (χ2n) is 8.33. The minimum Gasteiger partial charge on any atom is -0.495 e. The number of hydrogen-bond donors (Lipinski definition) is 3. The van der Waals surface area contributed by atoms with Crippen LogP contribution in [0.2, 0.25) is 0 Å². The maximum Gasteiger partial charge on any atom is 0.191 e. The van der Waals surface area contributed by atoms with E-state index in [0.717, 1.165) is 69.3 Å². The lowest BCUT2D eigenvalue weighted by Crippen LogP contribution is -2.51. The largest absolute Gasteiger partial charge is 0.495 e. The number of aliphatic hydroxyl groups is 1. The molecule has 6 nitrogen and oxygen atoms in total. The Morgan fingerprint density at radius 1 is 1.34 bits per heavy atom. The smallest absolute Gasteiger partial charge is 0.191 e. The lowest BCUT2D eigenvalue weighted by molar-refractivity contribution is 0.245. The quantitative estimate of drug-likeness (QED) is 0.412. The van der Waals surface area contributed by atoms with E-state index in [0.29, 0.717) is 17.9 Å².